The first-order valence-electron chi connectivity index (χ1n) is 5.37. The van der Waals surface area contributed by atoms with Gasteiger partial charge in [-0.15, -0.1) is 0 Å². The van der Waals surface area contributed by atoms with Crippen molar-refractivity contribution in [3.8, 4) is 5.75 Å². The lowest BCUT2D eigenvalue weighted by Crippen LogP contribution is -2.27. The molecule has 0 bridgehead atoms. The average Bonchev–Trinajstić information content (AvgIpc) is 2.59. The summed E-state index contributed by atoms with van der Waals surface area (Å²) in [5.41, 5.74) is 1.12. The van der Waals surface area contributed by atoms with E-state index in [1.165, 1.54) is 0 Å². The molecule has 1 aromatic carbocycles. The van der Waals surface area contributed by atoms with Crippen molar-refractivity contribution in [1.82, 2.24) is 10.2 Å². The van der Waals surface area contributed by atoms with Crippen LogP contribution in [-0.4, -0.2) is 30.6 Å². The normalized spacial score (nSPS) is 19.8. The van der Waals surface area contributed by atoms with Crippen LogP contribution in [0.5, 0.6) is 5.75 Å². The van der Waals surface area contributed by atoms with Gasteiger partial charge in [0.1, 0.15) is 5.75 Å². The van der Waals surface area contributed by atoms with E-state index in [9.17, 15) is 4.79 Å². The molecule has 0 saturated carbocycles. The monoisotopic (exact) mass is 220 g/mol. The topological polar surface area (TPSA) is 41.6 Å². The molecule has 1 fully saturated rings. The van der Waals surface area contributed by atoms with Crippen molar-refractivity contribution >= 4 is 6.03 Å². The summed E-state index contributed by atoms with van der Waals surface area (Å²) in [5.74, 6) is 0.836. The summed E-state index contributed by atoms with van der Waals surface area (Å²) in [5, 5.41) is 2.87. The molecule has 86 valence electrons. The van der Waals surface area contributed by atoms with Crippen LogP contribution in [-0.2, 0) is 6.54 Å². The molecule has 2 rings (SSSR count). The molecule has 16 heavy (non-hydrogen) atoms. The maximum atomic E-state index is 11.5. The largest absolute Gasteiger partial charge is 0.497 e. The van der Waals surface area contributed by atoms with Gasteiger partial charge < -0.3 is 15.0 Å². The zero-order valence-electron chi connectivity index (χ0n) is 9.56. The predicted molar refractivity (Wildman–Crippen MR) is 61.4 cm³/mol. The maximum Gasteiger partial charge on any atom is 0.318 e. The molecule has 0 spiro atoms. The van der Waals surface area contributed by atoms with E-state index < -0.39 is 0 Å². The zero-order valence-corrected chi connectivity index (χ0v) is 9.56. The van der Waals surface area contributed by atoms with E-state index in [0.717, 1.165) is 17.9 Å². The summed E-state index contributed by atoms with van der Waals surface area (Å²) in [6.07, 6.45) is 0. The van der Waals surface area contributed by atoms with Crippen molar-refractivity contribution in [3.63, 3.8) is 0 Å². The zero-order chi connectivity index (χ0) is 11.5. The number of urea groups is 1. The molecule has 0 aromatic heterocycles. The number of rotatable bonds is 3. The van der Waals surface area contributed by atoms with Gasteiger partial charge in [0.25, 0.3) is 0 Å². The number of ether oxygens (including phenoxy) is 1. The minimum absolute atomic E-state index is 0.0170. The van der Waals surface area contributed by atoms with Crippen LogP contribution < -0.4 is 10.1 Å². The van der Waals surface area contributed by atoms with Crippen molar-refractivity contribution in [1.29, 1.82) is 0 Å². The minimum atomic E-state index is 0.0170. The van der Waals surface area contributed by atoms with Crippen LogP contribution in [0, 0.1) is 0 Å². The first kappa shape index (κ1) is 10.8. The second-order valence-corrected chi connectivity index (χ2v) is 4.08. The molecule has 0 radical (unpaired) electrons. The smallest absolute Gasteiger partial charge is 0.318 e. The van der Waals surface area contributed by atoms with Gasteiger partial charge in [0.2, 0.25) is 0 Å². The van der Waals surface area contributed by atoms with Gasteiger partial charge in [0, 0.05) is 19.1 Å². The minimum Gasteiger partial charge on any atom is -0.497 e. The molecular weight excluding hydrogens is 204 g/mol. The number of benzene rings is 1. The number of amides is 2. The highest BCUT2D eigenvalue weighted by molar-refractivity contribution is 5.76. The van der Waals surface area contributed by atoms with Crippen LogP contribution in [0.15, 0.2) is 24.3 Å². The summed E-state index contributed by atoms with van der Waals surface area (Å²) in [7, 11) is 1.64. The van der Waals surface area contributed by atoms with Crippen LogP contribution >= 0.6 is 0 Å². The Labute approximate surface area is 95.2 Å². The first-order valence-corrected chi connectivity index (χ1v) is 5.37. The van der Waals surface area contributed by atoms with Crippen LogP contribution in [0.2, 0.25) is 0 Å². The lowest BCUT2D eigenvalue weighted by Gasteiger charge is -2.14. The van der Waals surface area contributed by atoms with E-state index in [1.54, 1.807) is 7.11 Å². The number of carbonyl (C=O) groups is 1. The lowest BCUT2D eigenvalue weighted by molar-refractivity contribution is 0.215. The van der Waals surface area contributed by atoms with E-state index in [-0.39, 0.29) is 12.1 Å². The van der Waals surface area contributed by atoms with Crippen LogP contribution in [0.25, 0.3) is 0 Å². The molecule has 1 atom stereocenters. The molecule has 1 aliphatic heterocycles. The van der Waals surface area contributed by atoms with Gasteiger partial charge in [0.05, 0.1) is 7.11 Å². The third kappa shape index (κ3) is 2.27. The van der Waals surface area contributed by atoms with E-state index in [1.807, 2.05) is 36.1 Å². The molecule has 4 heteroatoms. The van der Waals surface area contributed by atoms with Gasteiger partial charge in [-0.3, -0.25) is 0 Å². The molecule has 4 nitrogen and oxygen atoms in total. The molecule has 1 N–H and O–H groups in total. The quantitative estimate of drug-likeness (QED) is 0.840. The Kier molecular flexibility index (Phi) is 2.99. The lowest BCUT2D eigenvalue weighted by atomic mass is 10.2. The molecular formula is C12H16N2O2. The van der Waals surface area contributed by atoms with Gasteiger partial charge in [0.15, 0.2) is 0 Å². The number of hydrogen-bond acceptors (Lipinski definition) is 2. The average molecular weight is 220 g/mol. The van der Waals surface area contributed by atoms with Crippen molar-refractivity contribution in [3.05, 3.63) is 29.8 Å². The molecule has 1 heterocycles. The predicted octanol–water partition coefficient (Wildman–Crippen LogP) is 1.61. The molecule has 0 aliphatic carbocycles. The van der Waals surface area contributed by atoms with Gasteiger partial charge in [-0.2, -0.15) is 0 Å². The number of carbonyl (C=O) groups excluding carboxylic acids is 1. The van der Waals surface area contributed by atoms with Gasteiger partial charge in [-0.05, 0) is 24.6 Å². The van der Waals surface area contributed by atoms with Crippen LogP contribution in [0.1, 0.15) is 12.5 Å². The van der Waals surface area contributed by atoms with E-state index in [4.69, 9.17) is 4.74 Å². The Bertz CT molecular complexity index is 375. The van der Waals surface area contributed by atoms with E-state index in [0.29, 0.717) is 6.54 Å². The summed E-state index contributed by atoms with van der Waals surface area (Å²) in [6, 6.07) is 8.04. The molecule has 1 aromatic rings. The van der Waals surface area contributed by atoms with Crippen molar-refractivity contribution in [2.24, 2.45) is 0 Å². The van der Waals surface area contributed by atoms with Crippen LogP contribution in [0.4, 0.5) is 4.79 Å². The second kappa shape index (κ2) is 4.43. The standard InChI is InChI=1S/C12H16N2O2/c1-9-7-14(12(15)13-9)8-10-3-5-11(16-2)6-4-10/h3-6,9H,7-8H2,1-2H3,(H,13,15). The fraction of sp³-hybridized carbons (Fsp3) is 0.417. The highest BCUT2D eigenvalue weighted by Gasteiger charge is 2.24. The van der Waals surface area contributed by atoms with E-state index >= 15 is 0 Å². The van der Waals surface area contributed by atoms with E-state index in [2.05, 4.69) is 5.32 Å². The van der Waals surface area contributed by atoms with Gasteiger partial charge in [-0.1, -0.05) is 12.1 Å². The summed E-state index contributed by atoms with van der Waals surface area (Å²) >= 11 is 0. The van der Waals surface area contributed by atoms with Gasteiger partial charge in [-0.25, -0.2) is 4.79 Å². The Morgan fingerprint density at radius 2 is 2.12 bits per heavy atom. The highest BCUT2D eigenvalue weighted by atomic mass is 16.5. The van der Waals surface area contributed by atoms with Gasteiger partial charge >= 0.3 is 6.03 Å². The fourth-order valence-corrected chi connectivity index (χ4v) is 1.85. The second-order valence-electron chi connectivity index (χ2n) is 4.08. The number of nitrogens with one attached hydrogen (secondary N) is 1. The molecule has 1 unspecified atom stereocenters. The molecule has 1 saturated heterocycles. The Morgan fingerprint density at radius 3 is 2.62 bits per heavy atom. The molecule has 2 amide bonds. The summed E-state index contributed by atoms with van der Waals surface area (Å²) in [6.45, 7) is 3.43. The Hall–Kier alpha value is -1.71. The maximum absolute atomic E-state index is 11.5. The SMILES string of the molecule is COc1ccc(CN2CC(C)NC2=O)cc1. The fourth-order valence-electron chi connectivity index (χ4n) is 1.85. The first-order chi connectivity index (χ1) is 7.69. The number of nitrogens with zero attached hydrogens (tertiary/aromatic N) is 1. The van der Waals surface area contributed by atoms with Crippen molar-refractivity contribution in [2.75, 3.05) is 13.7 Å². The van der Waals surface area contributed by atoms with Crippen molar-refractivity contribution < 1.29 is 9.53 Å². The summed E-state index contributed by atoms with van der Waals surface area (Å²) < 4.78 is 5.08. The third-order valence-corrected chi connectivity index (χ3v) is 2.68. The van der Waals surface area contributed by atoms with Crippen molar-refractivity contribution in [2.45, 2.75) is 19.5 Å². The molecule has 1 aliphatic rings. The number of hydrogen-bond donors (Lipinski definition) is 1. The third-order valence-electron chi connectivity index (χ3n) is 2.68. The highest BCUT2D eigenvalue weighted by Crippen LogP contribution is 2.14. The number of methoxy groups -OCH3 is 1. The Morgan fingerprint density at radius 1 is 1.44 bits per heavy atom. The summed E-state index contributed by atoms with van der Waals surface area (Å²) in [4.78, 5) is 13.3. The van der Waals surface area contributed by atoms with Crippen LogP contribution in [0.3, 0.4) is 0 Å². The Balaban J connectivity index is 2.01.